The monoisotopic (exact) mass is 440 g/mol. The molecule has 162 valence electrons. The summed E-state index contributed by atoms with van der Waals surface area (Å²) in [5.41, 5.74) is 0.747. The molecule has 0 aliphatic carbocycles. The molecular weight excluding hydrogens is 416 g/mol. The van der Waals surface area contributed by atoms with Crippen molar-refractivity contribution in [3.63, 3.8) is 0 Å². The van der Waals surface area contributed by atoms with Gasteiger partial charge in [0.05, 0.1) is 0 Å². The number of rotatable bonds is 2. The van der Waals surface area contributed by atoms with Crippen molar-refractivity contribution in [2.24, 2.45) is 5.41 Å². The zero-order valence-corrected chi connectivity index (χ0v) is 18.1. The first-order chi connectivity index (χ1) is 14.8. The van der Waals surface area contributed by atoms with Crippen molar-refractivity contribution in [3.05, 3.63) is 65.2 Å². The Morgan fingerprint density at radius 3 is 2.23 bits per heavy atom. The Kier molecular flexibility index (Phi) is 5.87. The van der Waals surface area contributed by atoms with Crippen LogP contribution in [-0.2, 0) is 4.79 Å². The molecule has 2 aliphatic heterocycles. The smallest absolute Gasteiger partial charge is 0.321 e. The molecule has 31 heavy (non-hydrogen) atoms. The molecule has 0 aromatic heterocycles. The Morgan fingerprint density at radius 1 is 0.935 bits per heavy atom. The normalized spacial score (nSPS) is 21.4. The van der Waals surface area contributed by atoms with Crippen molar-refractivity contribution in [1.82, 2.24) is 14.7 Å². The lowest BCUT2D eigenvalue weighted by atomic mass is 9.86. The second-order valence-corrected chi connectivity index (χ2v) is 8.81. The molecule has 1 spiro atoms. The number of nitrogens with one attached hydrogen (secondary N) is 1. The fraction of sp³-hybridized carbons (Fsp3) is 0.348. The van der Waals surface area contributed by atoms with E-state index >= 15 is 0 Å². The lowest BCUT2D eigenvalue weighted by Crippen LogP contribution is -2.46. The van der Waals surface area contributed by atoms with Crippen molar-refractivity contribution >= 4 is 35.1 Å². The Labute approximate surface area is 186 Å². The first-order valence-electron chi connectivity index (χ1n) is 10.3. The van der Waals surface area contributed by atoms with E-state index in [0.717, 1.165) is 0 Å². The van der Waals surface area contributed by atoms with Crippen molar-refractivity contribution in [2.45, 2.75) is 6.42 Å². The Bertz CT molecular complexity index is 982. The Hall–Kier alpha value is -3.06. The van der Waals surface area contributed by atoms with Crippen LogP contribution in [0.4, 0.5) is 10.5 Å². The molecule has 0 bridgehead atoms. The summed E-state index contributed by atoms with van der Waals surface area (Å²) in [6.07, 6.45) is 0.309. The third-order valence-electron chi connectivity index (χ3n) is 5.91. The number of hydrogen-bond acceptors (Lipinski definition) is 3. The van der Waals surface area contributed by atoms with Gasteiger partial charge < -0.3 is 20.0 Å². The molecule has 1 atom stereocenters. The molecule has 2 saturated heterocycles. The minimum absolute atomic E-state index is 0.0317. The summed E-state index contributed by atoms with van der Waals surface area (Å²) in [4.78, 5) is 43.8. The van der Waals surface area contributed by atoms with Gasteiger partial charge in [-0.15, -0.1) is 0 Å². The second kappa shape index (κ2) is 8.59. The topological polar surface area (TPSA) is 73.0 Å². The zero-order chi connectivity index (χ0) is 22.0. The molecule has 7 nitrogen and oxygen atoms in total. The lowest BCUT2D eigenvalue weighted by Gasteiger charge is -2.33. The van der Waals surface area contributed by atoms with Gasteiger partial charge in [0.25, 0.3) is 5.91 Å². The summed E-state index contributed by atoms with van der Waals surface area (Å²) in [5.74, 6) is -0.0902. The SMILES string of the molecule is CN1CC2(CC1=O)CN(C(=O)Nc1ccccc1)CCN(C(=O)c1ccc(Cl)cc1)C2. The molecule has 4 amide bonds. The minimum atomic E-state index is -0.502. The number of carbonyl (C=O) groups is 3. The molecule has 1 unspecified atom stereocenters. The van der Waals surface area contributed by atoms with Crippen LogP contribution in [0.3, 0.4) is 0 Å². The van der Waals surface area contributed by atoms with Crippen LogP contribution in [-0.4, -0.2) is 72.3 Å². The van der Waals surface area contributed by atoms with Crippen molar-refractivity contribution in [3.8, 4) is 0 Å². The zero-order valence-electron chi connectivity index (χ0n) is 17.4. The van der Waals surface area contributed by atoms with Gasteiger partial charge in [-0.3, -0.25) is 9.59 Å². The van der Waals surface area contributed by atoms with Crippen LogP contribution >= 0.6 is 11.6 Å². The van der Waals surface area contributed by atoms with E-state index in [4.69, 9.17) is 11.6 Å². The maximum Gasteiger partial charge on any atom is 0.321 e. The number of anilines is 1. The van der Waals surface area contributed by atoms with Crippen LogP contribution in [0.15, 0.2) is 54.6 Å². The van der Waals surface area contributed by atoms with E-state index in [0.29, 0.717) is 55.4 Å². The molecule has 2 heterocycles. The maximum atomic E-state index is 13.2. The van der Waals surface area contributed by atoms with Crippen LogP contribution in [0.1, 0.15) is 16.8 Å². The third-order valence-corrected chi connectivity index (χ3v) is 6.16. The molecule has 8 heteroatoms. The van der Waals surface area contributed by atoms with Gasteiger partial charge in [-0.25, -0.2) is 4.79 Å². The number of carbonyl (C=O) groups excluding carboxylic acids is 3. The highest BCUT2D eigenvalue weighted by molar-refractivity contribution is 6.30. The average molecular weight is 441 g/mol. The van der Waals surface area contributed by atoms with Crippen LogP contribution in [0.2, 0.25) is 5.02 Å². The molecule has 2 aromatic rings. The third kappa shape index (κ3) is 4.66. The number of nitrogens with zero attached hydrogens (tertiary/aromatic N) is 3. The van der Waals surface area contributed by atoms with E-state index in [2.05, 4.69) is 5.32 Å². The molecule has 2 fully saturated rings. The van der Waals surface area contributed by atoms with Gasteiger partial charge >= 0.3 is 6.03 Å². The highest BCUT2D eigenvalue weighted by Gasteiger charge is 2.47. The van der Waals surface area contributed by atoms with E-state index in [-0.39, 0.29) is 17.8 Å². The molecule has 0 radical (unpaired) electrons. The molecule has 2 aromatic carbocycles. The van der Waals surface area contributed by atoms with E-state index in [9.17, 15) is 14.4 Å². The van der Waals surface area contributed by atoms with Gasteiger partial charge in [0.15, 0.2) is 0 Å². The number of halogens is 1. The largest absolute Gasteiger partial charge is 0.345 e. The molecule has 2 aliphatic rings. The summed E-state index contributed by atoms with van der Waals surface area (Å²) in [6.45, 7) is 2.11. The number of amides is 4. The predicted octanol–water partition coefficient (Wildman–Crippen LogP) is 3.18. The van der Waals surface area contributed by atoms with Crippen LogP contribution in [0, 0.1) is 5.41 Å². The standard InChI is InChI=1S/C23H25ClN4O3/c1-26-14-23(13-20(26)29)15-27(21(30)17-7-9-18(24)10-8-17)11-12-28(16-23)22(31)25-19-5-3-2-4-6-19/h2-10H,11-16H2,1H3,(H,25,31). The Balaban J connectivity index is 1.57. The molecule has 4 rings (SSSR count). The summed E-state index contributed by atoms with van der Waals surface area (Å²) in [6, 6.07) is 15.8. The first-order valence-corrected chi connectivity index (χ1v) is 10.6. The lowest BCUT2D eigenvalue weighted by molar-refractivity contribution is -0.126. The summed E-state index contributed by atoms with van der Waals surface area (Å²) < 4.78 is 0. The highest BCUT2D eigenvalue weighted by Crippen LogP contribution is 2.35. The van der Waals surface area contributed by atoms with Gasteiger partial charge in [-0.1, -0.05) is 29.8 Å². The number of urea groups is 1. The minimum Gasteiger partial charge on any atom is -0.345 e. The average Bonchev–Trinajstić information content (AvgIpc) is 2.92. The molecular formula is C23H25ClN4O3. The van der Waals surface area contributed by atoms with Crippen molar-refractivity contribution < 1.29 is 14.4 Å². The van der Waals surface area contributed by atoms with E-state index < -0.39 is 5.41 Å². The fourth-order valence-electron chi connectivity index (χ4n) is 4.42. The van der Waals surface area contributed by atoms with Crippen LogP contribution in [0.5, 0.6) is 0 Å². The van der Waals surface area contributed by atoms with Gasteiger partial charge in [0, 0.05) is 67.9 Å². The van der Waals surface area contributed by atoms with Crippen LogP contribution < -0.4 is 5.32 Å². The number of benzene rings is 2. The summed E-state index contributed by atoms with van der Waals surface area (Å²) in [7, 11) is 1.77. The number of likely N-dealkylation sites (tertiary alicyclic amines) is 1. The van der Waals surface area contributed by atoms with Gasteiger partial charge in [-0.05, 0) is 36.4 Å². The molecule has 0 saturated carbocycles. The van der Waals surface area contributed by atoms with Gasteiger partial charge in [0.1, 0.15) is 0 Å². The number of para-hydroxylation sites is 1. The van der Waals surface area contributed by atoms with Crippen molar-refractivity contribution in [2.75, 3.05) is 45.1 Å². The quantitative estimate of drug-likeness (QED) is 0.779. The summed E-state index contributed by atoms with van der Waals surface area (Å²) >= 11 is 5.96. The van der Waals surface area contributed by atoms with Crippen molar-refractivity contribution in [1.29, 1.82) is 0 Å². The second-order valence-electron chi connectivity index (χ2n) is 8.38. The summed E-state index contributed by atoms with van der Waals surface area (Å²) in [5, 5.41) is 3.49. The Morgan fingerprint density at radius 2 is 1.58 bits per heavy atom. The first kappa shape index (κ1) is 21.2. The number of hydrogen-bond donors (Lipinski definition) is 1. The predicted molar refractivity (Wildman–Crippen MR) is 119 cm³/mol. The van der Waals surface area contributed by atoms with E-state index in [1.165, 1.54) is 0 Å². The van der Waals surface area contributed by atoms with Gasteiger partial charge in [-0.2, -0.15) is 0 Å². The maximum absolute atomic E-state index is 13.2. The van der Waals surface area contributed by atoms with E-state index in [1.54, 1.807) is 46.0 Å². The van der Waals surface area contributed by atoms with E-state index in [1.807, 2.05) is 30.3 Å². The highest BCUT2D eigenvalue weighted by atomic mass is 35.5. The molecule has 1 N–H and O–H groups in total. The fourth-order valence-corrected chi connectivity index (χ4v) is 4.55. The van der Waals surface area contributed by atoms with Crippen LogP contribution in [0.25, 0.3) is 0 Å². The van der Waals surface area contributed by atoms with Gasteiger partial charge in [0.2, 0.25) is 5.91 Å².